The van der Waals surface area contributed by atoms with E-state index in [9.17, 15) is 4.79 Å². The Labute approximate surface area is 230 Å². The molecular weight excluding hydrogens is 558 g/mol. The monoisotopic (exact) mass is 585 g/mol. The van der Waals surface area contributed by atoms with Gasteiger partial charge in [0.2, 0.25) is 5.90 Å². The van der Waals surface area contributed by atoms with Crippen LogP contribution in [0.25, 0.3) is 0 Å². The zero-order valence-corrected chi connectivity index (χ0v) is 22.8. The van der Waals surface area contributed by atoms with Crippen molar-refractivity contribution in [3.05, 3.63) is 99.0 Å². The normalized spacial score (nSPS) is 18.7. The molecule has 1 aliphatic rings. The van der Waals surface area contributed by atoms with Crippen molar-refractivity contribution in [3.8, 4) is 5.75 Å². The number of nitrogens with one attached hydrogen (secondary N) is 2. The van der Waals surface area contributed by atoms with Gasteiger partial charge >= 0.3 is 0 Å². The number of amides is 1. The largest absolute Gasteiger partial charge is 0.494 e. The van der Waals surface area contributed by atoms with Gasteiger partial charge in [0.25, 0.3) is 5.91 Å². The van der Waals surface area contributed by atoms with Crippen LogP contribution in [0.15, 0.2) is 82.3 Å². The Hall–Kier alpha value is -2.91. The molecule has 0 saturated carbocycles. The van der Waals surface area contributed by atoms with Crippen molar-refractivity contribution in [2.75, 3.05) is 13.2 Å². The summed E-state index contributed by atoms with van der Waals surface area (Å²) >= 11 is 9.57. The predicted molar refractivity (Wildman–Crippen MR) is 148 cm³/mol. The van der Waals surface area contributed by atoms with E-state index >= 15 is 0 Å². The lowest BCUT2D eigenvalue weighted by atomic mass is 9.86. The fraction of sp³-hybridized carbons (Fsp3) is 0.286. The topological polar surface area (TPSA) is 92.2 Å². The summed E-state index contributed by atoms with van der Waals surface area (Å²) in [5.74, 6) is 0.797. The number of nitrogens with zero attached hydrogens (tertiary/aromatic N) is 1. The molecule has 3 N–H and O–H groups in total. The molecule has 1 aliphatic heterocycles. The third kappa shape index (κ3) is 6.70. The van der Waals surface area contributed by atoms with Crippen LogP contribution in [0, 0.1) is 0 Å². The molecule has 194 valence electrons. The number of aliphatic imine (C=N–C) groups is 1. The van der Waals surface area contributed by atoms with Crippen molar-refractivity contribution in [1.29, 1.82) is 0 Å². The van der Waals surface area contributed by atoms with Crippen LogP contribution in [0.3, 0.4) is 0 Å². The zero-order chi connectivity index (χ0) is 26.3. The minimum Gasteiger partial charge on any atom is -0.494 e. The van der Waals surface area contributed by atoms with E-state index in [1.165, 1.54) is 0 Å². The van der Waals surface area contributed by atoms with Gasteiger partial charge < -0.3 is 14.6 Å². The molecule has 0 aliphatic carbocycles. The Bertz CT molecular complexity index is 1240. The molecule has 0 radical (unpaired) electrons. The van der Waals surface area contributed by atoms with Crippen molar-refractivity contribution in [1.82, 2.24) is 10.9 Å². The lowest BCUT2D eigenvalue weighted by Crippen LogP contribution is -2.55. The van der Waals surface area contributed by atoms with Crippen LogP contribution < -0.4 is 15.6 Å². The van der Waals surface area contributed by atoms with E-state index in [4.69, 9.17) is 31.2 Å². The molecule has 0 bridgehead atoms. The van der Waals surface area contributed by atoms with Gasteiger partial charge in [0.1, 0.15) is 11.9 Å². The van der Waals surface area contributed by atoms with Crippen LogP contribution >= 0.6 is 27.5 Å². The first-order chi connectivity index (χ1) is 17.9. The van der Waals surface area contributed by atoms with E-state index in [0.29, 0.717) is 42.7 Å². The number of carbonyl (C=O) groups is 1. The molecule has 0 aromatic heterocycles. The van der Waals surface area contributed by atoms with E-state index < -0.39 is 11.6 Å². The minimum absolute atomic E-state index is 0.0802. The van der Waals surface area contributed by atoms with Crippen molar-refractivity contribution >= 4 is 39.3 Å². The van der Waals surface area contributed by atoms with Crippen molar-refractivity contribution < 1.29 is 19.4 Å². The Morgan fingerprint density at radius 2 is 1.86 bits per heavy atom. The molecule has 2 atom stereocenters. The number of halogens is 2. The van der Waals surface area contributed by atoms with Crippen LogP contribution in [0.1, 0.15) is 30.0 Å². The van der Waals surface area contributed by atoms with E-state index in [1.54, 1.807) is 12.1 Å². The van der Waals surface area contributed by atoms with Gasteiger partial charge in [-0.25, -0.2) is 10.4 Å². The fourth-order valence-corrected chi connectivity index (χ4v) is 4.56. The number of ether oxygens (including phenoxy) is 2. The van der Waals surface area contributed by atoms with Gasteiger partial charge in [-0.3, -0.25) is 10.2 Å². The third-order valence-corrected chi connectivity index (χ3v) is 7.18. The highest BCUT2D eigenvalue weighted by molar-refractivity contribution is 9.10. The molecule has 9 heteroatoms. The maximum absolute atomic E-state index is 13.7. The molecule has 0 unspecified atom stereocenters. The molecule has 0 saturated heterocycles. The molecule has 37 heavy (non-hydrogen) atoms. The summed E-state index contributed by atoms with van der Waals surface area (Å²) in [5, 5.41) is 9.59. The van der Waals surface area contributed by atoms with Gasteiger partial charge in [0, 0.05) is 41.1 Å². The number of hydrogen-bond donors (Lipinski definition) is 3. The van der Waals surface area contributed by atoms with Gasteiger partial charge in [-0.2, -0.15) is 0 Å². The number of hydrazine groups is 1. The standard InChI is InChI=1S/C28H29BrClN3O4/c1-19-28(17-22-5-2-3-6-25(22)29,27(35)33-31-18-20-7-11-23(30)12-8-20)32-26(37-19)21-9-13-24(14-10-21)36-16-4-15-34/h2-3,5-14,19,31,34H,4,15-18H2,1H3,(H,33,35)/t19-,28-/m0/s1. The Morgan fingerprint density at radius 1 is 1.14 bits per heavy atom. The van der Waals surface area contributed by atoms with E-state index in [1.807, 2.05) is 67.6 Å². The lowest BCUT2D eigenvalue weighted by Gasteiger charge is -2.28. The van der Waals surface area contributed by atoms with Crippen LogP contribution in [0.4, 0.5) is 0 Å². The number of aliphatic hydroxyl groups excluding tert-OH is 1. The highest BCUT2D eigenvalue weighted by Crippen LogP contribution is 2.34. The van der Waals surface area contributed by atoms with Crippen LogP contribution in [-0.4, -0.2) is 41.8 Å². The summed E-state index contributed by atoms with van der Waals surface area (Å²) < 4.78 is 12.7. The molecule has 0 spiro atoms. The molecule has 7 nitrogen and oxygen atoms in total. The molecule has 3 aromatic carbocycles. The second kappa shape index (κ2) is 12.6. The van der Waals surface area contributed by atoms with Crippen LogP contribution in [0.5, 0.6) is 5.75 Å². The predicted octanol–water partition coefficient (Wildman–Crippen LogP) is 4.83. The summed E-state index contributed by atoms with van der Waals surface area (Å²) in [6.07, 6.45) is 0.386. The van der Waals surface area contributed by atoms with Crippen LogP contribution in [-0.2, 0) is 22.5 Å². The quantitative estimate of drug-likeness (QED) is 0.221. The smallest absolute Gasteiger partial charge is 0.266 e. The van der Waals surface area contributed by atoms with Gasteiger partial charge in [-0.05, 0) is 60.5 Å². The number of hydrogen-bond acceptors (Lipinski definition) is 6. The summed E-state index contributed by atoms with van der Waals surface area (Å²) in [5.41, 5.74) is 7.34. The summed E-state index contributed by atoms with van der Waals surface area (Å²) in [4.78, 5) is 18.6. The SMILES string of the molecule is C[C@@H]1OC(c2ccc(OCCCO)cc2)=N[C@]1(Cc1ccccc1Br)C(=O)NNCc1ccc(Cl)cc1. The molecule has 3 aromatic rings. The van der Waals surface area contributed by atoms with E-state index in [0.717, 1.165) is 21.2 Å². The number of rotatable bonds is 11. The number of carbonyl (C=O) groups excluding carboxylic acids is 1. The van der Waals surface area contributed by atoms with Gasteiger partial charge in [-0.1, -0.05) is 57.9 Å². The molecule has 1 heterocycles. The van der Waals surface area contributed by atoms with Crippen molar-refractivity contribution in [2.24, 2.45) is 4.99 Å². The molecule has 4 rings (SSSR count). The maximum atomic E-state index is 13.7. The second-order valence-corrected chi connectivity index (χ2v) is 10.0. The third-order valence-electron chi connectivity index (χ3n) is 6.15. The van der Waals surface area contributed by atoms with Crippen molar-refractivity contribution in [2.45, 2.75) is 38.0 Å². The molecule has 0 fully saturated rings. The first kappa shape index (κ1) is 27.1. The number of aliphatic hydroxyl groups is 1. The second-order valence-electron chi connectivity index (χ2n) is 8.75. The maximum Gasteiger partial charge on any atom is 0.266 e. The van der Waals surface area contributed by atoms with Gasteiger partial charge in [0.05, 0.1) is 6.61 Å². The fourth-order valence-electron chi connectivity index (χ4n) is 4.01. The first-order valence-corrected chi connectivity index (χ1v) is 13.2. The summed E-state index contributed by atoms with van der Waals surface area (Å²) in [6.45, 7) is 2.80. The Balaban J connectivity index is 1.56. The van der Waals surface area contributed by atoms with E-state index in [2.05, 4.69) is 26.8 Å². The molecule has 1 amide bonds. The van der Waals surface area contributed by atoms with Gasteiger partial charge in [0.15, 0.2) is 5.54 Å². The minimum atomic E-state index is -1.19. The Morgan fingerprint density at radius 3 is 2.57 bits per heavy atom. The molecular formula is C28H29BrClN3O4. The zero-order valence-electron chi connectivity index (χ0n) is 20.4. The van der Waals surface area contributed by atoms with Crippen molar-refractivity contribution in [3.63, 3.8) is 0 Å². The average Bonchev–Trinajstić information content (AvgIpc) is 3.24. The summed E-state index contributed by atoms with van der Waals surface area (Å²) in [6, 6.07) is 22.5. The summed E-state index contributed by atoms with van der Waals surface area (Å²) in [7, 11) is 0. The number of benzene rings is 3. The van der Waals surface area contributed by atoms with E-state index in [-0.39, 0.29) is 12.5 Å². The first-order valence-electron chi connectivity index (χ1n) is 12.0. The lowest BCUT2D eigenvalue weighted by molar-refractivity contribution is -0.129. The van der Waals surface area contributed by atoms with Crippen LogP contribution in [0.2, 0.25) is 5.02 Å². The highest BCUT2D eigenvalue weighted by Gasteiger charge is 2.50. The highest BCUT2D eigenvalue weighted by atomic mass is 79.9. The Kier molecular flexibility index (Phi) is 9.21. The van der Waals surface area contributed by atoms with Gasteiger partial charge in [-0.15, -0.1) is 0 Å². The average molecular weight is 587 g/mol.